The van der Waals surface area contributed by atoms with Crippen LogP contribution in [-0.4, -0.2) is 18.5 Å². The summed E-state index contributed by atoms with van der Waals surface area (Å²) in [5.74, 6) is -1.49. The van der Waals surface area contributed by atoms with Crippen LogP contribution in [0.15, 0.2) is 6.07 Å². The topological polar surface area (TPSA) is 55.1 Å². The van der Waals surface area contributed by atoms with Gasteiger partial charge in [-0.15, -0.1) is 13.2 Å². The van der Waals surface area contributed by atoms with Crippen LogP contribution in [0.1, 0.15) is 17.7 Å². The molecular weight excluding hydrogens is 275 g/mol. The van der Waals surface area contributed by atoms with Gasteiger partial charge in [0.15, 0.2) is 5.75 Å². The molecule has 1 aromatic heterocycles. The largest absolute Gasteiger partial charge is 0.573 e. The Morgan fingerprint density at radius 1 is 1.42 bits per heavy atom. The molecule has 0 aliphatic rings. The smallest absolute Gasteiger partial charge is 0.481 e. The van der Waals surface area contributed by atoms with Crippen LogP contribution in [0.5, 0.6) is 11.6 Å². The number of pyridine rings is 1. The summed E-state index contributed by atoms with van der Waals surface area (Å²) in [6.45, 7) is 0. The maximum Gasteiger partial charge on any atom is 0.573 e. The third kappa shape index (κ3) is 3.94. The molecule has 0 N–H and O–H groups in total. The molecule has 1 heterocycles. The molecule has 1 aromatic rings. The molecule has 0 spiro atoms. The summed E-state index contributed by atoms with van der Waals surface area (Å²) in [5, 5.41) is 8.48. The number of aromatic nitrogens is 1. The second kappa shape index (κ2) is 5.69. The van der Waals surface area contributed by atoms with Gasteiger partial charge >= 0.3 is 6.36 Å². The van der Waals surface area contributed by atoms with Crippen LogP contribution in [-0.2, 0) is 6.42 Å². The fourth-order valence-corrected chi connectivity index (χ4v) is 1.28. The number of nitrogens with zero attached hydrogens (tertiary/aromatic N) is 2. The summed E-state index contributed by atoms with van der Waals surface area (Å²) < 4.78 is 70.1. The number of hydrogen-bond acceptors (Lipinski definition) is 4. The highest BCUT2D eigenvalue weighted by Crippen LogP contribution is 2.37. The third-order valence-corrected chi connectivity index (χ3v) is 1.96. The molecule has 0 unspecified atom stereocenters. The van der Waals surface area contributed by atoms with Crippen molar-refractivity contribution in [1.29, 1.82) is 5.26 Å². The van der Waals surface area contributed by atoms with Gasteiger partial charge in [-0.1, -0.05) is 0 Å². The summed E-state index contributed by atoms with van der Waals surface area (Å²) >= 11 is 0. The van der Waals surface area contributed by atoms with E-state index in [4.69, 9.17) is 5.26 Å². The molecule has 104 valence electrons. The zero-order valence-corrected chi connectivity index (χ0v) is 9.46. The highest BCUT2D eigenvalue weighted by atomic mass is 19.4. The van der Waals surface area contributed by atoms with Crippen molar-refractivity contribution in [3.05, 3.63) is 17.3 Å². The van der Waals surface area contributed by atoms with Gasteiger partial charge in [-0.2, -0.15) is 5.26 Å². The number of methoxy groups -OCH3 is 1. The Bertz CT molecular complexity index is 496. The molecule has 1 rings (SSSR count). The molecular formula is C10H7F5N2O2. The Morgan fingerprint density at radius 2 is 2.05 bits per heavy atom. The average molecular weight is 282 g/mol. The number of halogens is 5. The molecule has 0 radical (unpaired) electrons. The van der Waals surface area contributed by atoms with Gasteiger partial charge in [-0.05, 0) is 0 Å². The highest BCUT2D eigenvalue weighted by molar-refractivity contribution is 5.43. The predicted molar refractivity (Wildman–Crippen MR) is 51.7 cm³/mol. The first-order valence-electron chi connectivity index (χ1n) is 4.77. The molecule has 0 saturated carbocycles. The van der Waals surface area contributed by atoms with Crippen molar-refractivity contribution in [3.63, 3.8) is 0 Å². The van der Waals surface area contributed by atoms with Crippen molar-refractivity contribution in [2.24, 2.45) is 0 Å². The summed E-state index contributed by atoms with van der Waals surface area (Å²) in [5.41, 5.74) is -1.59. The lowest BCUT2D eigenvalue weighted by molar-refractivity contribution is -0.275. The lowest BCUT2D eigenvalue weighted by Gasteiger charge is -2.16. The first-order chi connectivity index (χ1) is 8.78. The highest BCUT2D eigenvalue weighted by Gasteiger charge is 2.35. The first kappa shape index (κ1) is 14.9. The molecule has 4 nitrogen and oxygen atoms in total. The Labute approximate surface area is 104 Å². The fraction of sp³-hybridized carbons (Fsp3) is 0.400. The zero-order valence-electron chi connectivity index (χ0n) is 9.46. The minimum atomic E-state index is -5.16. The van der Waals surface area contributed by atoms with Crippen LogP contribution in [0.2, 0.25) is 0 Å². The molecule has 0 bridgehead atoms. The second-order valence-electron chi connectivity index (χ2n) is 3.21. The van der Waals surface area contributed by atoms with E-state index in [9.17, 15) is 22.0 Å². The van der Waals surface area contributed by atoms with E-state index < -0.39 is 36.2 Å². The number of hydrogen-bond donors (Lipinski definition) is 0. The SMILES string of the molecule is COc1cc(C(F)F)c(OC(F)(F)F)c(CC#N)n1. The Hall–Kier alpha value is -2.11. The van der Waals surface area contributed by atoms with Crippen molar-refractivity contribution in [1.82, 2.24) is 4.98 Å². The molecule has 0 aromatic carbocycles. The summed E-state index contributed by atoms with van der Waals surface area (Å²) in [7, 11) is 1.11. The van der Waals surface area contributed by atoms with E-state index in [-0.39, 0.29) is 5.88 Å². The van der Waals surface area contributed by atoms with Crippen LogP contribution >= 0.6 is 0 Å². The quantitative estimate of drug-likeness (QED) is 0.797. The van der Waals surface area contributed by atoms with Gasteiger partial charge in [0.2, 0.25) is 5.88 Å². The Morgan fingerprint density at radius 3 is 2.47 bits per heavy atom. The zero-order chi connectivity index (χ0) is 14.6. The van der Waals surface area contributed by atoms with E-state index in [2.05, 4.69) is 14.5 Å². The van der Waals surface area contributed by atoms with Crippen LogP contribution in [0.3, 0.4) is 0 Å². The van der Waals surface area contributed by atoms with Gasteiger partial charge in [0.25, 0.3) is 6.43 Å². The predicted octanol–water partition coefficient (Wildman–Crippen LogP) is 2.99. The van der Waals surface area contributed by atoms with Crippen molar-refractivity contribution in [2.75, 3.05) is 7.11 Å². The standard InChI is InChI=1S/C10H7F5N2O2/c1-18-7-4-5(9(11)12)8(19-10(13,14)15)6(17-7)2-3-16/h4,9H,2H2,1H3. The minimum absolute atomic E-state index is 0.324. The van der Waals surface area contributed by atoms with Crippen molar-refractivity contribution in [3.8, 4) is 17.7 Å². The number of ether oxygens (including phenoxy) is 2. The summed E-state index contributed by atoms with van der Waals surface area (Å²) in [6.07, 6.45) is -9.02. The van der Waals surface area contributed by atoms with Gasteiger partial charge in [0.1, 0.15) is 5.69 Å². The molecule has 0 fully saturated rings. The van der Waals surface area contributed by atoms with Gasteiger partial charge in [0.05, 0.1) is 25.2 Å². The van der Waals surface area contributed by atoms with Crippen molar-refractivity contribution in [2.45, 2.75) is 19.2 Å². The lowest BCUT2D eigenvalue weighted by Crippen LogP contribution is -2.20. The van der Waals surface area contributed by atoms with Crippen LogP contribution in [0.4, 0.5) is 22.0 Å². The number of alkyl halides is 5. The van der Waals surface area contributed by atoms with E-state index >= 15 is 0 Å². The van der Waals surface area contributed by atoms with Crippen molar-refractivity contribution < 1.29 is 31.4 Å². The molecule has 9 heteroatoms. The summed E-state index contributed by atoms with van der Waals surface area (Å²) in [6, 6.07) is 2.15. The van der Waals surface area contributed by atoms with Gasteiger partial charge in [-0.25, -0.2) is 13.8 Å². The van der Waals surface area contributed by atoms with E-state index in [1.54, 1.807) is 0 Å². The summed E-state index contributed by atoms with van der Waals surface area (Å²) in [4.78, 5) is 3.51. The Balaban J connectivity index is 3.41. The van der Waals surface area contributed by atoms with Crippen LogP contribution in [0, 0.1) is 11.3 Å². The average Bonchev–Trinajstić information content (AvgIpc) is 2.29. The van der Waals surface area contributed by atoms with E-state index in [1.807, 2.05) is 0 Å². The maximum absolute atomic E-state index is 12.7. The molecule has 0 atom stereocenters. The first-order valence-corrected chi connectivity index (χ1v) is 4.77. The fourth-order valence-electron chi connectivity index (χ4n) is 1.28. The van der Waals surface area contributed by atoms with E-state index in [0.29, 0.717) is 6.07 Å². The number of nitriles is 1. The molecule has 0 aliphatic heterocycles. The Kier molecular flexibility index (Phi) is 4.47. The van der Waals surface area contributed by atoms with Gasteiger partial charge in [0, 0.05) is 6.07 Å². The lowest BCUT2D eigenvalue weighted by atomic mass is 10.1. The molecule has 0 aliphatic carbocycles. The van der Waals surface area contributed by atoms with E-state index in [1.165, 1.54) is 6.07 Å². The third-order valence-electron chi connectivity index (χ3n) is 1.96. The van der Waals surface area contributed by atoms with Crippen LogP contribution < -0.4 is 9.47 Å². The second-order valence-corrected chi connectivity index (χ2v) is 3.21. The molecule has 0 amide bonds. The minimum Gasteiger partial charge on any atom is -0.481 e. The molecule has 0 saturated heterocycles. The number of rotatable bonds is 4. The van der Waals surface area contributed by atoms with Gasteiger partial charge < -0.3 is 9.47 Å². The monoisotopic (exact) mass is 282 g/mol. The van der Waals surface area contributed by atoms with E-state index in [0.717, 1.165) is 7.11 Å². The van der Waals surface area contributed by atoms with Crippen LogP contribution in [0.25, 0.3) is 0 Å². The normalized spacial score (nSPS) is 11.3. The molecule has 19 heavy (non-hydrogen) atoms. The van der Waals surface area contributed by atoms with Crippen molar-refractivity contribution >= 4 is 0 Å². The van der Waals surface area contributed by atoms with Gasteiger partial charge in [-0.3, -0.25) is 0 Å². The maximum atomic E-state index is 12.7.